The van der Waals surface area contributed by atoms with Gasteiger partial charge in [-0.25, -0.2) is 4.68 Å². The second-order valence-electron chi connectivity index (χ2n) is 7.92. The summed E-state index contributed by atoms with van der Waals surface area (Å²) in [5, 5.41) is 10.1. The molecule has 0 unspecified atom stereocenters. The zero-order chi connectivity index (χ0) is 22.5. The van der Waals surface area contributed by atoms with Gasteiger partial charge >= 0.3 is 0 Å². The van der Waals surface area contributed by atoms with Crippen molar-refractivity contribution in [3.63, 3.8) is 0 Å². The smallest absolute Gasteiger partial charge is 0.294 e. The summed E-state index contributed by atoms with van der Waals surface area (Å²) in [4.78, 5) is 25.2. The van der Waals surface area contributed by atoms with Crippen LogP contribution in [0.25, 0.3) is 0 Å². The van der Waals surface area contributed by atoms with Crippen LogP contribution in [0.3, 0.4) is 0 Å². The van der Waals surface area contributed by atoms with Crippen molar-refractivity contribution in [2.45, 2.75) is 27.7 Å². The van der Waals surface area contributed by atoms with E-state index in [4.69, 9.17) is 4.74 Å². The molecule has 7 nitrogen and oxygen atoms in total. The van der Waals surface area contributed by atoms with Crippen LogP contribution in [0.1, 0.15) is 35.3 Å². The van der Waals surface area contributed by atoms with E-state index in [0.717, 1.165) is 11.1 Å². The van der Waals surface area contributed by atoms with Gasteiger partial charge in [0.1, 0.15) is 5.75 Å². The molecule has 0 saturated heterocycles. The average molecular weight is 421 g/mol. The van der Waals surface area contributed by atoms with Crippen molar-refractivity contribution in [3.8, 4) is 11.5 Å². The van der Waals surface area contributed by atoms with Crippen LogP contribution < -0.4 is 20.9 Å². The normalized spacial score (nSPS) is 10.8. The van der Waals surface area contributed by atoms with Gasteiger partial charge in [-0.3, -0.25) is 9.59 Å². The first-order chi connectivity index (χ1) is 14.8. The molecule has 3 rings (SSSR count). The highest BCUT2D eigenvalue weighted by Crippen LogP contribution is 2.31. The predicted octanol–water partition coefficient (Wildman–Crippen LogP) is 4.32. The summed E-state index contributed by atoms with van der Waals surface area (Å²) >= 11 is 0. The maximum atomic E-state index is 12.8. The monoisotopic (exact) mass is 420 g/mol. The van der Waals surface area contributed by atoms with Crippen LogP contribution in [0.4, 0.5) is 11.4 Å². The molecule has 0 aliphatic carbocycles. The number of nitrogens with zero attached hydrogens (tertiary/aromatic N) is 2. The predicted molar refractivity (Wildman–Crippen MR) is 122 cm³/mol. The molecule has 1 heterocycles. The van der Waals surface area contributed by atoms with E-state index < -0.39 is 0 Å². The maximum absolute atomic E-state index is 12.8. The molecule has 0 aliphatic rings. The highest BCUT2D eigenvalue weighted by atomic mass is 16.5. The molecule has 0 bridgehead atoms. The van der Waals surface area contributed by atoms with E-state index in [1.807, 2.05) is 45.9 Å². The number of carbonyl (C=O) groups excluding carboxylic acids is 1. The number of amides is 1. The Labute approximate surface area is 182 Å². The fraction of sp³-hybridized carbons (Fsp3) is 0.292. The van der Waals surface area contributed by atoms with E-state index in [1.54, 1.807) is 31.3 Å². The number of aromatic nitrogens is 2. The molecule has 2 aromatic carbocycles. The van der Waals surface area contributed by atoms with E-state index in [9.17, 15) is 9.59 Å². The van der Waals surface area contributed by atoms with E-state index in [0.29, 0.717) is 35.2 Å². The van der Waals surface area contributed by atoms with E-state index in [2.05, 4.69) is 15.7 Å². The standard InChI is InChI=1S/C24H28N4O3/c1-15(2)13-25-23(29)18-9-7-10-19(12-18)27-22-21(14-26-28(5)24(22)30)31-20-11-6-8-16(3)17(20)4/h6-12,14-15,27H,13H2,1-5H3,(H,25,29). The Morgan fingerprint density at radius 2 is 1.87 bits per heavy atom. The van der Waals surface area contributed by atoms with Crippen molar-refractivity contribution in [1.82, 2.24) is 15.1 Å². The van der Waals surface area contributed by atoms with Gasteiger partial charge in [-0.1, -0.05) is 32.0 Å². The molecule has 0 fully saturated rings. The van der Waals surface area contributed by atoms with Crippen LogP contribution in [0.5, 0.6) is 11.5 Å². The Balaban J connectivity index is 1.92. The third-order valence-electron chi connectivity index (χ3n) is 4.94. The van der Waals surface area contributed by atoms with Crippen molar-refractivity contribution in [2.24, 2.45) is 13.0 Å². The second kappa shape index (κ2) is 9.47. The summed E-state index contributed by atoms with van der Waals surface area (Å²) in [7, 11) is 1.57. The number of aryl methyl sites for hydroxylation is 2. The van der Waals surface area contributed by atoms with Crippen LogP contribution in [0.2, 0.25) is 0 Å². The molecule has 0 atom stereocenters. The van der Waals surface area contributed by atoms with Gasteiger partial charge in [-0.15, -0.1) is 0 Å². The third-order valence-corrected chi connectivity index (χ3v) is 4.94. The number of rotatable bonds is 7. The van der Waals surface area contributed by atoms with Crippen molar-refractivity contribution >= 4 is 17.3 Å². The average Bonchev–Trinajstić information content (AvgIpc) is 2.75. The highest BCUT2D eigenvalue weighted by Gasteiger charge is 2.15. The quantitative estimate of drug-likeness (QED) is 0.595. The Hall–Kier alpha value is -3.61. The van der Waals surface area contributed by atoms with Gasteiger partial charge < -0.3 is 15.4 Å². The molecule has 7 heteroatoms. The summed E-state index contributed by atoms with van der Waals surface area (Å²) < 4.78 is 7.29. The van der Waals surface area contributed by atoms with Crippen molar-refractivity contribution in [3.05, 3.63) is 75.7 Å². The molecule has 0 aliphatic heterocycles. The van der Waals surface area contributed by atoms with Gasteiger partial charge in [0, 0.05) is 24.8 Å². The molecular weight excluding hydrogens is 392 g/mol. The lowest BCUT2D eigenvalue weighted by Gasteiger charge is -2.15. The van der Waals surface area contributed by atoms with Gasteiger partial charge in [0.05, 0.1) is 6.20 Å². The number of ether oxygens (including phenoxy) is 1. The molecule has 162 valence electrons. The molecule has 0 radical (unpaired) electrons. The lowest BCUT2D eigenvalue weighted by Crippen LogP contribution is -2.27. The molecular formula is C24H28N4O3. The van der Waals surface area contributed by atoms with E-state index in [1.165, 1.54) is 10.9 Å². The Kier molecular flexibility index (Phi) is 6.74. The third kappa shape index (κ3) is 5.31. The SMILES string of the molecule is Cc1cccc(Oc2cnn(C)c(=O)c2Nc2cccc(C(=O)NCC(C)C)c2)c1C. The van der Waals surface area contributed by atoms with E-state index >= 15 is 0 Å². The van der Waals surface area contributed by atoms with Crippen LogP contribution in [-0.4, -0.2) is 22.2 Å². The minimum atomic E-state index is -0.336. The zero-order valence-corrected chi connectivity index (χ0v) is 18.5. The minimum absolute atomic E-state index is 0.160. The van der Waals surface area contributed by atoms with Gasteiger partial charge in [-0.05, 0) is 55.2 Å². The molecule has 1 aromatic heterocycles. The fourth-order valence-electron chi connectivity index (χ4n) is 2.95. The van der Waals surface area contributed by atoms with Gasteiger partial charge in [0.2, 0.25) is 0 Å². The fourth-order valence-corrected chi connectivity index (χ4v) is 2.95. The van der Waals surface area contributed by atoms with Crippen molar-refractivity contribution in [2.75, 3.05) is 11.9 Å². The van der Waals surface area contributed by atoms with Crippen molar-refractivity contribution < 1.29 is 9.53 Å². The minimum Gasteiger partial charge on any atom is -0.453 e. The van der Waals surface area contributed by atoms with E-state index in [-0.39, 0.29) is 17.2 Å². The molecule has 2 N–H and O–H groups in total. The van der Waals surface area contributed by atoms with Gasteiger partial charge in [0.15, 0.2) is 11.4 Å². The number of hydrogen-bond donors (Lipinski definition) is 2. The highest BCUT2D eigenvalue weighted by molar-refractivity contribution is 5.95. The summed E-state index contributed by atoms with van der Waals surface area (Å²) in [6.45, 7) is 8.63. The van der Waals surface area contributed by atoms with Gasteiger partial charge in [0.25, 0.3) is 11.5 Å². The first kappa shape index (κ1) is 22.1. The molecule has 1 amide bonds. The first-order valence-electron chi connectivity index (χ1n) is 10.2. The molecule has 3 aromatic rings. The van der Waals surface area contributed by atoms with Crippen molar-refractivity contribution in [1.29, 1.82) is 0 Å². The number of anilines is 2. The summed E-state index contributed by atoms with van der Waals surface area (Å²) in [5.41, 5.74) is 3.09. The van der Waals surface area contributed by atoms with Crippen LogP contribution in [0, 0.1) is 19.8 Å². The second-order valence-corrected chi connectivity index (χ2v) is 7.92. The van der Waals surface area contributed by atoms with Gasteiger partial charge in [-0.2, -0.15) is 5.10 Å². The molecule has 0 saturated carbocycles. The molecule has 31 heavy (non-hydrogen) atoms. The Morgan fingerprint density at radius 3 is 2.61 bits per heavy atom. The summed E-state index contributed by atoms with van der Waals surface area (Å²) in [6, 6.07) is 12.8. The van der Waals surface area contributed by atoms with Crippen LogP contribution in [-0.2, 0) is 7.05 Å². The summed E-state index contributed by atoms with van der Waals surface area (Å²) in [6.07, 6.45) is 1.50. The zero-order valence-electron chi connectivity index (χ0n) is 18.5. The first-order valence-corrected chi connectivity index (χ1v) is 10.2. The lowest BCUT2D eigenvalue weighted by molar-refractivity contribution is 0.0949. The number of carbonyl (C=O) groups is 1. The number of benzene rings is 2. The molecule has 0 spiro atoms. The largest absolute Gasteiger partial charge is 0.453 e. The number of nitrogens with one attached hydrogen (secondary N) is 2. The lowest BCUT2D eigenvalue weighted by atomic mass is 10.1. The Morgan fingerprint density at radius 1 is 1.13 bits per heavy atom. The topological polar surface area (TPSA) is 85.2 Å². The van der Waals surface area contributed by atoms with Crippen LogP contribution in [0.15, 0.2) is 53.5 Å². The maximum Gasteiger partial charge on any atom is 0.294 e. The number of hydrogen-bond acceptors (Lipinski definition) is 5. The Bertz CT molecular complexity index is 1150. The summed E-state index contributed by atoms with van der Waals surface area (Å²) in [5.74, 6) is 1.16. The van der Waals surface area contributed by atoms with Crippen LogP contribution >= 0.6 is 0 Å².